The van der Waals surface area contributed by atoms with Gasteiger partial charge in [0.2, 0.25) is 5.91 Å². The van der Waals surface area contributed by atoms with Crippen molar-refractivity contribution in [1.82, 2.24) is 10.6 Å². The molecular weight excluding hydrogens is 256 g/mol. The highest BCUT2D eigenvalue weighted by Gasteiger charge is 2.05. The number of carbonyl (C=O) groups excluding carboxylic acids is 2. The lowest BCUT2D eigenvalue weighted by Crippen LogP contribution is -2.26. The molecule has 0 fully saturated rings. The van der Waals surface area contributed by atoms with Gasteiger partial charge in [0, 0.05) is 19.2 Å². The molecule has 0 atom stereocenters. The van der Waals surface area contributed by atoms with Crippen LogP contribution in [0.3, 0.4) is 0 Å². The van der Waals surface area contributed by atoms with Crippen molar-refractivity contribution in [2.75, 3.05) is 20.2 Å². The molecule has 100 valence electrons. The first-order valence-corrected chi connectivity index (χ1v) is 5.36. The summed E-state index contributed by atoms with van der Waals surface area (Å²) in [6, 6.07) is 6.79. The summed E-state index contributed by atoms with van der Waals surface area (Å²) in [5, 5.41) is 13.7. The van der Waals surface area contributed by atoms with Crippen LogP contribution in [0.25, 0.3) is 0 Å². The minimum atomic E-state index is -0.231. The van der Waals surface area contributed by atoms with Crippen LogP contribution in [0.2, 0.25) is 0 Å². The van der Waals surface area contributed by atoms with E-state index in [-0.39, 0.29) is 37.4 Å². The summed E-state index contributed by atoms with van der Waals surface area (Å²) in [6.45, 7) is 0.152. The molecule has 0 aromatic heterocycles. The molecular formula is C12H17ClN2O3. The van der Waals surface area contributed by atoms with Gasteiger partial charge < -0.3 is 15.7 Å². The van der Waals surface area contributed by atoms with E-state index >= 15 is 0 Å². The predicted octanol–water partition coefficient (Wildman–Crippen LogP) is 0.119. The summed E-state index contributed by atoms with van der Waals surface area (Å²) < 4.78 is 0. The molecule has 0 radical (unpaired) electrons. The highest BCUT2D eigenvalue weighted by molar-refractivity contribution is 5.94. The molecule has 0 spiro atoms. The lowest BCUT2D eigenvalue weighted by atomic mass is 10.1. The van der Waals surface area contributed by atoms with Gasteiger partial charge in [-0.3, -0.25) is 9.59 Å². The van der Waals surface area contributed by atoms with Crippen LogP contribution in [0.5, 0.6) is 0 Å². The number of aliphatic hydroxyl groups excluding tert-OH is 1. The van der Waals surface area contributed by atoms with E-state index in [1.54, 1.807) is 31.3 Å². The van der Waals surface area contributed by atoms with E-state index in [1.807, 2.05) is 0 Å². The predicted molar refractivity (Wildman–Crippen MR) is 70.9 cm³/mol. The van der Waals surface area contributed by atoms with Crippen LogP contribution in [0, 0.1) is 0 Å². The third-order valence-electron chi connectivity index (χ3n) is 2.26. The SMILES string of the molecule is CNC(=O)Cc1ccc(C(=O)NCCO)cc1.Cl. The lowest BCUT2D eigenvalue weighted by molar-refractivity contribution is -0.119. The Hall–Kier alpha value is -1.59. The Balaban J connectivity index is 0.00000289. The molecule has 0 saturated carbocycles. The average Bonchev–Trinajstić information content (AvgIpc) is 2.36. The fraction of sp³-hybridized carbons (Fsp3) is 0.333. The first kappa shape index (κ1) is 16.4. The first-order chi connectivity index (χ1) is 8.17. The normalized spacial score (nSPS) is 9.22. The Labute approximate surface area is 112 Å². The van der Waals surface area contributed by atoms with Crippen LogP contribution in [-0.4, -0.2) is 37.1 Å². The van der Waals surface area contributed by atoms with Crippen molar-refractivity contribution in [3.63, 3.8) is 0 Å². The van der Waals surface area contributed by atoms with Gasteiger partial charge in [-0.2, -0.15) is 0 Å². The standard InChI is InChI=1S/C12H16N2O3.ClH/c1-13-11(16)8-9-2-4-10(5-3-9)12(17)14-6-7-15;/h2-5,15H,6-8H2,1H3,(H,13,16)(H,14,17);1H. The zero-order chi connectivity index (χ0) is 12.7. The largest absolute Gasteiger partial charge is 0.395 e. The Morgan fingerprint density at radius 1 is 1.22 bits per heavy atom. The maximum Gasteiger partial charge on any atom is 0.251 e. The number of rotatable bonds is 5. The van der Waals surface area contributed by atoms with Crippen molar-refractivity contribution in [1.29, 1.82) is 0 Å². The van der Waals surface area contributed by atoms with Gasteiger partial charge in [0.25, 0.3) is 5.91 Å². The van der Waals surface area contributed by atoms with Crippen molar-refractivity contribution in [2.45, 2.75) is 6.42 Å². The van der Waals surface area contributed by atoms with E-state index < -0.39 is 0 Å². The van der Waals surface area contributed by atoms with Crippen LogP contribution < -0.4 is 10.6 Å². The molecule has 0 aliphatic carbocycles. The van der Waals surface area contributed by atoms with E-state index in [1.165, 1.54) is 0 Å². The number of carbonyl (C=O) groups is 2. The number of amides is 2. The van der Waals surface area contributed by atoms with Crippen LogP contribution in [-0.2, 0) is 11.2 Å². The van der Waals surface area contributed by atoms with Crippen molar-refractivity contribution >= 4 is 24.2 Å². The molecule has 5 nitrogen and oxygen atoms in total. The molecule has 1 aromatic rings. The minimum Gasteiger partial charge on any atom is -0.395 e. The maximum absolute atomic E-state index is 11.5. The van der Waals surface area contributed by atoms with Crippen molar-refractivity contribution in [3.8, 4) is 0 Å². The molecule has 0 unspecified atom stereocenters. The second kappa shape index (κ2) is 8.49. The van der Waals surface area contributed by atoms with Gasteiger partial charge in [0.15, 0.2) is 0 Å². The van der Waals surface area contributed by atoms with Crippen LogP contribution >= 0.6 is 12.4 Å². The Morgan fingerprint density at radius 2 is 1.83 bits per heavy atom. The number of aliphatic hydroxyl groups is 1. The summed E-state index contributed by atoms with van der Waals surface area (Å²) >= 11 is 0. The zero-order valence-corrected chi connectivity index (χ0v) is 10.9. The summed E-state index contributed by atoms with van der Waals surface area (Å²) in [4.78, 5) is 22.6. The summed E-state index contributed by atoms with van der Waals surface area (Å²) in [6.07, 6.45) is 0.301. The maximum atomic E-state index is 11.5. The van der Waals surface area contributed by atoms with E-state index in [0.717, 1.165) is 5.56 Å². The number of halogens is 1. The van der Waals surface area contributed by atoms with Gasteiger partial charge in [-0.05, 0) is 17.7 Å². The molecule has 2 amide bonds. The molecule has 1 rings (SSSR count). The van der Waals surface area contributed by atoms with Crippen LogP contribution in [0.15, 0.2) is 24.3 Å². The smallest absolute Gasteiger partial charge is 0.251 e. The van der Waals surface area contributed by atoms with Gasteiger partial charge in [0.1, 0.15) is 0 Å². The lowest BCUT2D eigenvalue weighted by Gasteiger charge is -2.04. The number of hydrogen-bond donors (Lipinski definition) is 3. The van der Waals surface area contributed by atoms with Gasteiger partial charge in [0.05, 0.1) is 13.0 Å². The second-order valence-corrected chi connectivity index (χ2v) is 3.53. The van der Waals surface area contributed by atoms with Crippen LogP contribution in [0.4, 0.5) is 0 Å². The summed E-state index contributed by atoms with van der Waals surface area (Å²) in [5.41, 5.74) is 1.36. The van der Waals surface area contributed by atoms with E-state index in [2.05, 4.69) is 10.6 Å². The van der Waals surface area contributed by atoms with Gasteiger partial charge >= 0.3 is 0 Å². The summed E-state index contributed by atoms with van der Waals surface area (Å²) in [5.74, 6) is -0.298. The number of likely N-dealkylation sites (N-methyl/N-ethyl adjacent to an activating group) is 1. The van der Waals surface area contributed by atoms with E-state index in [0.29, 0.717) is 12.0 Å². The third kappa shape index (κ3) is 5.16. The molecule has 0 heterocycles. The fourth-order valence-corrected chi connectivity index (χ4v) is 1.32. The third-order valence-corrected chi connectivity index (χ3v) is 2.26. The quantitative estimate of drug-likeness (QED) is 0.712. The van der Waals surface area contributed by atoms with Crippen molar-refractivity contribution in [3.05, 3.63) is 35.4 Å². The molecule has 3 N–H and O–H groups in total. The Bertz CT molecular complexity index is 393. The van der Waals surface area contributed by atoms with E-state index in [9.17, 15) is 9.59 Å². The highest BCUT2D eigenvalue weighted by Crippen LogP contribution is 2.05. The Morgan fingerprint density at radius 3 is 2.33 bits per heavy atom. The Kier molecular flexibility index (Phi) is 7.74. The average molecular weight is 273 g/mol. The number of benzene rings is 1. The topological polar surface area (TPSA) is 78.4 Å². The van der Waals surface area contributed by atoms with Crippen LogP contribution in [0.1, 0.15) is 15.9 Å². The van der Waals surface area contributed by atoms with Crippen molar-refractivity contribution in [2.24, 2.45) is 0 Å². The molecule has 0 aliphatic rings. The molecule has 6 heteroatoms. The minimum absolute atomic E-state index is 0. The zero-order valence-electron chi connectivity index (χ0n) is 10.1. The monoisotopic (exact) mass is 272 g/mol. The van der Waals surface area contributed by atoms with Crippen molar-refractivity contribution < 1.29 is 14.7 Å². The highest BCUT2D eigenvalue weighted by atomic mass is 35.5. The molecule has 0 aliphatic heterocycles. The van der Waals surface area contributed by atoms with Gasteiger partial charge in [-0.25, -0.2) is 0 Å². The molecule has 18 heavy (non-hydrogen) atoms. The number of nitrogens with one attached hydrogen (secondary N) is 2. The van der Waals surface area contributed by atoms with Gasteiger partial charge in [-0.15, -0.1) is 12.4 Å². The van der Waals surface area contributed by atoms with Gasteiger partial charge in [-0.1, -0.05) is 12.1 Å². The number of hydrogen-bond acceptors (Lipinski definition) is 3. The molecule has 0 bridgehead atoms. The second-order valence-electron chi connectivity index (χ2n) is 3.53. The molecule has 1 aromatic carbocycles. The molecule has 0 saturated heterocycles. The van der Waals surface area contributed by atoms with E-state index in [4.69, 9.17) is 5.11 Å². The fourth-order valence-electron chi connectivity index (χ4n) is 1.32. The summed E-state index contributed by atoms with van der Waals surface area (Å²) in [7, 11) is 1.58. The first-order valence-electron chi connectivity index (χ1n) is 5.36.